The van der Waals surface area contributed by atoms with Gasteiger partial charge in [-0.2, -0.15) is 13.2 Å². The zero-order valence-electron chi connectivity index (χ0n) is 9.14. The molecule has 2 N–H and O–H groups in total. The van der Waals surface area contributed by atoms with Gasteiger partial charge in [-0.25, -0.2) is 0 Å². The van der Waals surface area contributed by atoms with E-state index in [1.54, 1.807) is 6.92 Å². The monoisotopic (exact) mass is 233 g/mol. The van der Waals surface area contributed by atoms with Crippen LogP contribution in [0.2, 0.25) is 0 Å². The molecule has 0 fully saturated rings. The number of ether oxygens (including phenoxy) is 1. The van der Waals surface area contributed by atoms with Crippen molar-refractivity contribution in [2.75, 3.05) is 5.73 Å². The molecule has 0 saturated carbocycles. The highest BCUT2D eigenvalue weighted by Gasteiger charge is 2.34. The van der Waals surface area contributed by atoms with Crippen molar-refractivity contribution in [2.45, 2.75) is 32.5 Å². The van der Waals surface area contributed by atoms with Crippen molar-refractivity contribution in [3.05, 3.63) is 23.8 Å². The summed E-state index contributed by atoms with van der Waals surface area (Å²) in [4.78, 5) is 0. The molecule has 1 aromatic carbocycles. The fourth-order valence-corrected chi connectivity index (χ4v) is 1.17. The summed E-state index contributed by atoms with van der Waals surface area (Å²) in [7, 11) is 0. The van der Waals surface area contributed by atoms with E-state index in [1.165, 1.54) is 12.1 Å². The molecule has 2 nitrogen and oxygen atoms in total. The van der Waals surface area contributed by atoms with Gasteiger partial charge in [0, 0.05) is 5.69 Å². The summed E-state index contributed by atoms with van der Waals surface area (Å²) in [5, 5.41) is 0. The molecule has 0 spiro atoms. The Bertz CT molecular complexity index is 363. The number of nitrogen functional groups attached to an aromatic ring is 1. The van der Waals surface area contributed by atoms with Crippen LogP contribution in [0.3, 0.4) is 0 Å². The van der Waals surface area contributed by atoms with Gasteiger partial charge in [-0.15, -0.1) is 0 Å². The van der Waals surface area contributed by atoms with E-state index in [1.807, 2.05) is 6.92 Å². The van der Waals surface area contributed by atoms with Crippen LogP contribution in [-0.2, 0) is 6.18 Å². The van der Waals surface area contributed by atoms with E-state index in [4.69, 9.17) is 10.5 Å². The highest BCUT2D eigenvalue weighted by atomic mass is 19.4. The maximum atomic E-state index is 12.6. The van der Waals surface area contributed by atoms with Crippen LogP contribution in [0.4, 0.5) is 18.9 Å². The van der Waals surface area contributed by atoms with Crippen molar-refractivity contribution in [1.29, 1.82) is 0 Å². The first kappa shape index (κ1) is 12.7. The van der Waals surface area contributed by atoms with E-state index in [0.29, 0.717) is 6.42 Å². The molecule has 0 aliphatic carbocycles. The van der Waals surface area contributed by atoms with Crippen molar-refractivity contribution < 1.29 is 17.9 Å². The molecule has 0 aliphatic heterocycles. The first-order valence-electron chi connectivity index (χ1n) is 4.98. The second-order valence-corrected chi connectivity index (χ2v) is 3.59. The molecule has 0 saturated heterocycles. The highest BCUT2D eigenvalue weighted by molar-refractivity contribution is 5.49. The molecule has 16 heavy (non-hydrogen) atoms. The molecule has 0 aliphatic rings. The summed E-state index contributed by atoms with van der Waals surface area (Å²) in [6.07, 6.45) is -4.07. The normalized spacial score (nSPS) is 13.6. The molecule has 90 valence electrons. The minimum absolute atomic E-state index is 0.0730. The molecule has 5 heteroatoms. The number of benzene rings is 1. The van der Waals surface area contributed by atoms with E-state index in [-0.39, 0.29) is 17.5 Å². The first-order valence-corrected chi connectivity index (χ1v) is 4.98. The Morgan fingerprint density at radius 2 is 2.00 bits per heavy atom. The predicted molar refractivity (Wildman–Crippen MR) is 56.2 cm³/mol. The number of anilines is 1. The van der Waals surface area contributed by atoms with Crippen molar-refractivity contribution in [3.63, 3.8) is 0 Å². The van der Waals surface area contributed by atoms with Gasteiger partial charge in [-0.05, 0) is 31.5 Å². The van der Waals surface area contributed by atoms with E-state index >= 15 is 0 Å². The Kier molecular flexibility index (Phi) is 3.67. The van der Waals surface area contributed by atoms with Crippen LogP contribution in [0, 0.1) is 0 Å². The van der Waals surface area contributed by atoms with Crippen molar-refractivity contribution >= 4 is 5.69 Å². The van der Waals surface area contributed by atoms with Crippen LogP contribution in [0.25, 0.3) is 0 Å². The van der Waals surface area contributed by atoms with Crippen LogP contribution in [0.5, 0.6) is 5.75 Å². The standard InChI is InChI=1S/C11H14F3NO/c1-3-7(2)16-10-5-4-8(15)6-9(10)11(12,13)14/h4-7H,3,15H2,1-2H3/t7-/m0/s1. The van der Waals surface area contributed by atoms with Gasteiger partial charge in [0.2, 0.25) is 0 Å². The van der Waals surface area contributed by atoms with E-state index < -0.39 is 11.7 Å². The van der Waals surface area contributed by atoms with Crippen molar-refractivity contribution in [1.82, 2.24) is 0 Å². The lowest BCUT2D eigenvalue weighted by molar-refractivity contribution is -0.139. The Balaban J connectivity index is 3.08. The summed E-state index contributed by atoms with van der Waals surface area (Å²) >= 11 is 0. The third-order valence-corrected chi connectivity index (χ3v) is 2.21. The van der Waals surface area contributed by atoms with Gasteiger partial charge in [-0.1, -0.05) is 6.92 Å². The zero-order valence-corrected chi connectivity index (χ0v) is 9.14. The summed E-state index contributed by atoms with van der Waals surface area (Å²) < 4.78 is 43.1. The Labute approximate surface area is 92.2 Å². The third kappa shape index (κ3) is 3.05. The second-order valence-electron chi connectivity index (χ2n) is 3.59. The van der Waals surface area contributed by atoms with Gasteiger partial charge in [0.05, 0.1) is 11.7 Å². The fourth-order valence-electron chi connectivity index (χ4n) is 1.17. The maximum absolute atomic E-state index is 12.6. The lowest BCUT2D eigenvalue weighted by Gasteiger charge is -2.18. The van der Waals surface area contributed by atoms with Crippen LogP contribution in [0.1, 0.15) is 25.8 Å². The highest BCUT2D eigenvalue weighted by Crippen LogP contribution is 2.37. The van der Waals surface area contributed by atoms with E-state index in [0.717, 1.165) is 6.07 Å². The van der Waals surface area contributed by atoms with Gasteiger partial charge in [0.15, 0.2) is 0 Å². The van der Waals surface area contributed by atoms with Gasteiger partial charge in [-0.3, -0.25) is 0 Å². The average Bonchev–Trinajstić information content (AvgIpc) is 2.19. The van der Waals surface area contributed by atoms with Crippen LogP contribution >= 0.6 is 0 Å². The summed E-state index contributed by atoms with van der Waals surface area (Å²) in [5.41, 5.74) is 4.58. The quantitative estimate of drug-likeness (QED) is 0.811. The molecule has 1 aromatic rings. The lowest BCUT2D eigenvalue weighted by Crippen LogP contribution is -2.15. The summed E-state index contributed by atoms with van der Waals surface area (Å²) in [6.45, 7) is 3.56. The number of hydrogen-bond donors (Lipinski definition) is 1. The fraction of sp³-hybridized carbons (Fsp3) is 0.455. The minimum atomic E-state index is -4.45. The van der Waals surface area contributed by atoms with Crippen LogP contribution in [0.15, 0.2) is 18.2 Å². The smallest absolute Gasteiger partial charge is 0.420 e. The molecule has 0 heterocycles. The Morgan fingerprint density at radius 3 is 2.50 bits per heavy atom. The van der Waals surface area contributed by atoms with Gasteiger partial charge < -0.3 is 10.5 Å². The average molecular weight is 233 g/mol. The zero-order chi connectivity index (χ0) is 12.3. The molecular formula is C11H14F3NO. The second kappa shape index (κ2) is 4.63. The number of nitrogens with two attached hydrogens (primary N) is 1. The topological polar surface area (TPSA) is 35.2 Å². The maximum Gasteiger partial charge on any atom is 0.420 e. The molecule has 0 unspecified atom stereocenters. The van der Waals surface area contributed by atoms with Gasteiger partial charge >= 0.3 is 6.18 Å². The van der Waals surface area contributed by atoms with E-state index in [9.17, 15) is 13.2 Å². The number of alkyl halides is 3. The lowest BCUT2D eigenvalue weighted by atomic mass is 10.1. The number of hydrogen-bond acceptors (Lipinski definition) is 2. The SMILES string of the molecule is CC[C@H](C)Oc1ccc(N)cc1C(F)(F)F. The Hall–Kier alpha value is -1.39. The molecule has 0 radical (unpaired) electrons. The third-order valence-electron chi connectivity index (χ3n) is 2.21. The van der Waals surface area contributed by atoms with E-state index in [2.05, 4.69) is 0 Å². The number of halogens is 3. The molecule has 0 amide bonds. The minimum Gasteiger partial charge on any atom is -0.490 e. The first-order chi connectivity index (χ1) is 7.34. The summed E-state index contributed by atoms with van der Waals surface area (Å²) in [5.74, 6) is -0.170. The molecular weight excluding hydrogens is 219 g/mol. The summed E-state index contributed by atoms with van der Waals surface area (Å²) in [6, 6.07) is 3.54. The van der Waals surface area contributed by atoms with Crippen molar-refractivity contribution in [3.8, 4) is 5.75 Å². The van der Waals surface area contributed by atoms with Crippen molar-refractivity contribution in [2.24, 2.45) is 0 Å². The molecule has 0 bridgehead atoms. The van der Waals surface area contributed by atoms with Crippen LogP contribution < -0.4 is 10.5 Å². The van der Waals surface area contributed by atoms with Gasteiger partial charge in [0.25, 0.3) is 0 Å². The molecule has 1 rings (SSSR count). The largest absolute Gasteiger partial charge is 0.490 e. The molecule has 1 atom stereocenters. The number of rotatable bonds is 3. The predicted octanol–water partition coefficient (Wildman–Crippen LogP) is 3.46. The molecule has 0 aromatic heterocycles. The Morgan fingerprint density at radius 1 is 1.38 bits per heavy atom. The van der Waals surface area contributed by atoms with Gasteiger partial charge in [0.1, 0.15) is 5.75 Å². The van der Waals surface area contributed by atoms with Crippen LogP contribution in [-0.4, -0.2) is 6.10 Å².